The van der Waals surface area contributed by atoms with Crippen LogP contribution < -0.4 is 10.6 Å². The van der Waals surface area contributed by atoms with Crippen molar-refractivity contribution in [1.82, 2.24) is 10.2 Å². The van der Waals surface area contributed by atoms with Gasteiger partial charge in [-0.25, -0.2) is 0 Å². The van der Waals surface area contributed by atoms with E-state index in [4.69, 9.17) is 18.9 Å². The standard InChI is InChI=1S/C43H69N3O9/c1-2-3-4-5-6-7-8-9-10-11-12-13-14-15-16-19-27-52-29-31-54-33-34-55-32-30-53-28-20-17-18-24-38(47)44-36-23-21-22-35-40(36)43(51)46(42(35)50)37-25-26-39(48)45-41(37)49/h21-23,37H,2-20,24-34H2,1H3,(H,44,47)(H,45,48,49). The van der Waals surface area contributed by atoms with Crippen molar-refractivity contribution in [3.8, 4) is 0 Å². The number of carbonyl (C=O) groups excluding carboxylic acids is 5. The molecule has 0 bridgehead atoms. The van der Waals surface area contributed by atoms with E-state index in [0.717, 1.165) is 30.8 Å². The van der Waals surface area contributed by atoms with E-state index in [9.17, 15) is 24.0 Å². The average molecular weight is 772 g/mol. The Balaban J connectivity index is 1.04. The van der Waals surface area contributed by atoms with Crippen molar-refractivity contribution < 1.29 is 42.9 Å². The number of piperidine rings is 1. The Labute approximate surface area is 329 Å². The van der Waals surface area contributed by atoms with Crippen molar-refractivity contribution in [1.29, 1.82) is 0 Å². The smallest absolute Gasteiger partial charge is 0.264 e. The van der Waals surface area contributed by atoms with Crippen LogP contribution in [0.2, 0.25) is 0 Å². The number of nitrogens with one attached hydrogen (secondary N) is 2. The van der Waals surface area contributed by atoms with Crippen LogP contribution >= 0.6 is 0 Å². The SMILES string of the molecule is CCCCCCCCCCCCCCCCCCOCCOCCOCCOCCCCCC(=O)Nc1cccc2c1C(=O)N(C1CCC(=O)NC1=O)C2=O. The van der Waals surface area contributed by atoms with E-state index in [2.05, 4.69) is 17.6 Å². The van der Waals surface area contributed by atoms with E-state index in [1.807, 2.05) is 0 Å². The predicted molar refractivity (Wildman–Crippen MR) is 213 cm³/mol. The maximum absolute atomic E-state index is 13.2. The lowest BCUT2D eigenvalue weighted by Gasteiger charge is -2.27. The lowest BCUT2D eigenvalue weighted by Crippen LogP contribution is -2.54. The van der Waals surface area contributed by atoms with Gasteiger partial charge in [0.25, 0.3) is 11.8 Å². The second-order valence-electron chi connectivity index (χ2n) is 14.8. The highest BCUT2D eigenvalue weighted by Gasteiger charge is 2.45. The Morgan fingerprint density at radius 2 is 1.11 bits per heavy atom. The predicted octanol–water partition coefficient (Wildman–Crippen LogP) is 7.91. The normalized spacial score (nSPS) is 15.5. The van der Waals surface area contributed by atoms with E-state index in [1.54, 1.807) is 12.1 Å². The van der Waals surface area contributed by atoms with Crippen molar-refractivity contribution in [2.75, 3.05) is 58.2 Å². The number of nitrogens with zero attached hydrogens (tertiary/aromatic N) is 1. The number of imide groups is 2. The molecule has 310 valence electrons. The number of amides is 5. The van der Waals surface area contributed by atoms with Gasteiger partial charge >= 0.3 is 0 Å². The fraction of sp³-hybridized carbons (Fsp3) is 0.744. The number of carbonyl (C=O) groups is 5. The topological polar surface area (TPSA) is 150 Å². The van der Waals surface area contributed by atoms with E-state index < -0.39 is 29.7 Å². The Morgan fingerprint density at radius 3 is 1.62 bits per heavy atom. The molecule has 1 fully saturated rings. The van der Waals surface area contributed by atoms with E-state index in [1.165, 1.54) is 102 Å². The van der Waals surface area contributed by atoms with Gasteiger partial charge in [0, 0.05) is 26.1 Å². The highest BCUT2D eigenvalue weighted by Crippen LogP contribution is 2.32. The molecule has 1 aromatic rings. The van der Waals surface area contributed by atoms with Crippen LogP contribution in [0.1, 0.15) is 169 Å². The third-order valence-corrected chi connectivity index (χ3v) is 10.2. The molecule has 2 heterocycles. The Morgan fingerprint density at radius 1 is 0.636 bits per heavy atom. The summed E-state index contributed by atoms with van der Waals surface area (Å²) in [6, 6.07) is 3.58. The first-order chi connectivity index (χ1) is 26.9. The molecule has 0 aromatic heterocycles. The molecule has 0 radical (unpaired) electrons. The van der Waals surface area contributed by atoms with Crippen LogP contribution in [0.15, 0.2) is 18.2 Å². The van der Waals surface area contributed by atoms with Gasteiger partial charge < -0.3 is 24.3 Å². The van der Waals surface area contributed by atoms with E-state index >= 15 is 0 Å². The van der Waals surface area contributed by atoms with Crippen LogP contribution in [0.4, 0.5) is 5.69 Å². The average Bonchev–Trinajstić information content (AvgIpc) is 3.43. The highest BCUT2D eigenvalue weighted by molar-refractivity contribution is 6.26. The minimum Gasteiger partial charge on any atom is -0.379 e. The number of benzene rings is 1. The number of hydrogen-bond donors (Lipinski definition) is 2. The van der Waals surface area contributed by atoms with Gasteiger partial charge in [-0.05, 0) is 37.8 Å². The van der Waals surface area contributed by atoms with Gasteiger partial charge in [-0.2, -0.15) is 0 Å². The van der Waals surface area contributed by atoms with Crippen molar-refractivity contribution in [3.63, 3.8) is 0 Å². The van der Waals surface area contributed by atoms with Crippen molar-refractivity contribution in [2.24, 2.45) is 0 Å². The van der Waals surface area contributed by atoms with E-state index in [-0.39, 0.29) is 42.0 Å². The lowest BCUT2D eigenvalue weighted by atomic mass is 10.0. The number of hydrogen-bond acceptors (Lipinski definition) is 9. The van der Waals surface area contributed by atoms with Crippen LogP contribution in [0.25, 0.3) is 0 Å². The molecule has 1 aromatic carbocycles. The third kappa shape index (κ3) is 18.5. The second kappa shape index (κ2) is 29.1. The maximum atomic E-state index is 13.2. The molecule has 1 atom stereocenters. The van der Waals surface area contributed by atoms with Gasteiger partial charge in [0.1, 0.15) is 6.04 Å². The van der Waals surface area contributed by atoms with Gasteiger partial charge in [0.2, 0.25) is 17.7 Å². The summed E-state index contributed by atoms with van der Waals surface area (Å²) in [6.07, 6.45) is 24.5. The Kier molecular flexibility index (Phi) is 24.4. The summed E-state index contributed by atoms with van der Waals surface area (Å²) in [4.78, 5) is 63.6. The first-order valence-electron chi connectivity index (χ1n) is 21.4. The number of rotatable bonds is 34. The van der Waals surface area contributed by atoms with Crippen molar-refractivity contribution in [2.45, 2.75) is 154 Å². The van der Waals surface area contributed by atoms with Gasteiger partial charge in [-0.3, -0.25) is 34.2 Å². The summed E-state index contributed by atoms with van der Waals surface area (Å²) in [5, 5.41) is 4.93. The number of unbranched alkanes of at least 4 members (excludes halogenated alkanes) is 17. The van der Waals surface area contributed by atoms with Gasteiger partial charge in [-0.15, -0.1) is 0 Å². The van der Waals surface area contributed by atoms with Gasteiger partial charge in [-0.1, -0.05) is 116 Å². The molecule has 0 saturated carbocycles. The molecule has 5 amide bonds. The number of ether oxygens (including phenoxy) is 4. The zero-order valence-corrected chi connectivity index (χ0v) is 33.6. The number of fused-ring (bicyclic) bond motifs is 1. The Hall–Kier alpha value is -3.19. The molecular weight excluding hydrogens is 702 g/mol. The van der Waals surface area contributed by atoms with Crippen LogP contribution in [0, 0.1) is 0 Å². The summed E-state index contributed by atoms with van der Waals surface area (Å²) in [7, 11) is 0. The molecule has 1 unspecified atom stereocenters. The summed E-state index contributed by atoms with van der Waals surface area (Å²) < 4.78 is 22.5. The summed E-state index contributed by atoms with van der Waals surface area (Å²) in [5.74, 6) is -2.65. The molecule has 2 N–H and O–H groups in total. The minimum atomic E-state index is -1.06. The summed E-state index contributed by atoms with van der Waals surface area (Å²) in [6.45, 7) is 6.86. The molecule has 12 nitrogen and oxygen atoms in total. The highest BCUT2D eigenvalue weighted by atomic mass is 16.6. The maximum Gasteiger partial charge on any atom is 0.264 e. The quantitative estimate of drug-likeness (QED) is 0.0527. The second-order valence-corrected chi connectivity index (χ2v) is 14.8. The third-order valence-electron chi connectivity index (χ3n) is 10.2. The van der Waals surface area contributed by atoms with Crippen LogP contribution in [-0.2, 0) is 33.3 Å². The zero-order chi connectivity index (χ0) is 39.4. The van der Waals surface area contributed by atoms with Crippen LogP contribution in [-0.4, -0.2) is 93.3 Å². The summed E-state index contributed by atoms with van der Waals surface area (Å²) >= 11 is 0. The molecule has 0 spiro atoms. The van der Waals surface area contributed by atoms with Crippen LogP contribution in [0.3, 0.4) is 0 Å². The molecule has 55 heavy (non-hydrogen) atoms. The molecule has 0 aliphatic carbocycles. The summed E-state index contributed by atoms with van der Waals surface area (Å²) in [5.41, 5.74) is 0.429. The van der Waals surface area contributed by atoms with E-state index in [0.29, 0.717) is 52.7 Å². The first kappa shape index (κ1) is 46.2. The number of anilines is 1. The van der Waals surface area contributed by atoms with Crippen molar-refractivity contribution >= 4 is 35.2 Å². The molecule has 1 saturated heterocycles. The molecular formula is C43H69N3O9. The zero-order valence-electron chi connectivity index (χ0n) is 33.6. The fourth-order valence-corrected chi connectivity index (χ4v) is 7.01. The molecule has 2 aliphatic heterocycles. The fourth-order valence-electron chi connectivity index (χ4n) is 7.01. The van der Waals surface area contributed by atoms with Gasteiger partial charge in [0.15, 0.2) is 0 Å². The molecule has 12 heteroatoms. The minimum absolute atomic E-state index is 0.0395. The van der Waals surface area contributed by atoms with Crippen molar-refractivity contribution in [3.05, 3.63) is 29.3 Å². The monoisotopic (exact) mass is 772 g/mol. The van der Waals surface area contributed by atoms with Gasteiger partial charge in [0.05, 0.1) is 56.5 Å². The molecule has 2 aliphatic rings. The first-order valence-corrected chi connectivity index (χ1v) is 21.4. The molecule has 3 rings (SSSR count). The Bertz CT molecular complexity index is 1290. The largest absolute Gasteiger partial charge is 0.379 e. The lowest BCUT2D eigenvalue weighted by molar-refractivity contribution is -0.136. The van der Waals surface area contributed by atoms with Crippen LogP contribution in [0.5, 0.6) is 0 Å².